The van der Waals surface area contributed by atoms with E-state index in [4.69, 9.17) is 4.74 Å². The summed E-state index contributed by atoms with van der Waals surface area (Å²) in [5.41, 5.74) is -1.08. The Bertz CT molecular complexity index is 717. The summed E-state index contributed by atoms with van der Waals surface area (Å²) in [6, 6.07) is -0.497. The van der Waals surface area contributed by atoms with Gasteiger partial charge in [0, 0.05) is 25.0 Å². The van der Waals surface area contributed by atoms with Gasteiger partial charge in [0.15, 0.2) is 0 Å². The van der Waals surface area contributed by atoms with E-state index >= 15 is 0 Å². The van der Waals surface area contributed by atoms with E-state index in [0.717, 1.165) is 12.8 Å². The smallest absolute Gasteiger partial charge is 0.327 e. The Balaban J connectivity index is 2.14. The highest BCUT2D eigenvalue weighted by molar-refractivity contribution is 6.03. The summed E-state index contributed by atoms with van der Waals surface area (Å²) in [4.78, 5) is 56.4. The zero-order valence-electron chi connectivity index (χ0n) is 20.6. The molecule has 0 aromatic rings. The number of nitrogens with zero attached hydrogens (tertiary/aromatic N) is 4. The van der Waals surface area contributed by atoms with Crippen molar-refractivity contribution in [2.45, 2.75) is 72.8 Å². The monoisotopic (exact) mass is 452 g/mol. The fraction of sp³-hybridized carbons (Fsp3) is 0.826. The molecule has 6 amide bonds. The number of hydrogen-bond acceptors (Lipinski definition) is 5. The van der Waals surface area contributed by atoms with E-state index in [9.17, 15) is 19.2 Å². The molecule has 0 spiro atoms. The van der Waals surface area contributed by atoms with Gasteiger partial charge in [-0.1, -0.05) is 27.7 Å². The number of amides is 6. The molecule has 0 radical (unpaired) electrons. The van der Waals surface area contributed by atoms with E-state index in [2.05, 4.69) is 0 Å². The quantitative estimate of drug-likeness (QED) is 0.401. The Hall–Kier alpha value is -2.16. The van der Waals surface area contributed by atoms with E-state index < -0.39 is 5.54 Å². The van der Waals surface area contributed by atoms with Crippen molar-refractivity contribution in [1.29, 1.82) is 0 Å². The maximum absolute atomic E-state index is 12.8. The lowest BCUT2D eigenvalue weighted by Gasteiger charge is -2.40. The van der Waals surface area contributed by atoms with Gasteiger partial charge in [-0.2, -0.15) is 0 Å². The minimum atomic E-state index is -0.705. The molecule has 9 nitrogen and oxygen atoms in total. The van der Waals surface area contributed by atoms with Crippen molar-refractivity contribution in [3.05, 3.63) is 0 Å². The van der Waals surface area contributed by atoms with Gasteiger partial charge in [-0.15, -0.1) is 0 Å². The molecule has 0 aromatic heterocycles. The second kappa shape index (κ2) is 10.6. The molecule has 0 bridgehead atoms. The van der Waals surface area contributed by atoms with Crippen LogP contribution in [0.15, 0.2) is 0 Å². The Labute approximate surface area is 192 Å². The van der Waals surface area contributed by atoms with Crippen molar-refractivity contribution >= 4 is 23.9 Å². The standard InChI is InChI=1S/C23H40N4O5/c1-7-22(8-2,15-26-18(28)13-24(11-5)20(26)30)16-32-17-23(9-3,10-4)27-19(29)14-25(12-6)21(27)31/h7-17H2,1-6H3. The molecule has 2 aliphatic heterocycles. The van der Waals surface area contributed by atoms with Crippen LogP contribution in [-0.4, -0.2) is 95.0 Å². The second-order valence-electron chi connectivity index (χ2n) is 8.93. The van der Waals surface area contributed by atoms with Gasteiger partial charge in [0.1, 0.15) is 13.1 Å². The summed E-state index contributed by atoms with van der Waals surface area (Å²) in [6.07, 6.45) is 2.67. The minimum Gasteiger partial charge on any atom is -0.378 e. The largest absolute Gasteiger partial charge is 0.378 e. The summed E-state index contributed by atoms with van der Waals surface area (Å²) in [6.45, 7) is 13.9. The Kier molecular flexibility index (Phi) is 8.67. The lowest BCUT2D eigenvalue weighted by molar-refractivity contribution is -0.134. The second-order valence-corrected chi connectivity index (χ2v) is 8.93. The molecule has 0 N–H and O–H groups in total. The Morgan fingerprint density at radius 2 is 1.25 bits per heavy atom. The van der Waals surface area contributed by atoms with Crippen molar-refractivity contribution < 1.29 is 23.9 Å². The first-order chi connectivity index (χ1) is 15.2. The molecule has 2 fully saturated rings. The highest BCUT2D eigenvalue weighted by Gasteiger charge is 2.48. The molecule has 0 aliphatic carbocycles. The third kappa shape index (κ3) is 4.77. The molecule has 0 atom stereocenters. The van der Waals surface area contributed by atoms with E-state index in [1.165, 1.54) is 9.80 Å². The average Bonchev–Trinajstić information content (AvgIpc) is 3.25. The predicted octanol–water partition coefficient (Wildman–Crippen LogP) is 2.94. The summed E-state index contributed by atoms with van der Waals surface area (Å²) < 4.78 is 6.21. The highest BCUT2D eigenvalue weighted by Crippen LogP contribution is 2.33. The van der Waals surface area contributed by atoms with Crippen LogP contribution in [0.25, 0.3) is 0 Å². The molecule has 9 heteroatoms. The number of likely N-dealkylation sites (N-methyl/N-ethyl adjacent to an activating group) is 2. The van der Waals surface area contributed by atoms with Crippen molar-refractivity contribution in [2.75, 3.05) is 45.9 Å². The summed E-state index contributed by atoms with van der Waals surface area (Å²) in [7, 11) is 0. The molecular formula is C23H40N4O5. The SMILES string of the molecule is CCN1CC(=O)N(CC(CC)(CC)COCC(CC)(CC)N2C(=O)CN(CC)C2=O)C1=O. The molecule has 2 aliphatic rings. The number of hydrogen-bond donors (Lipinski definition) is 0. The van der Waals surface area contributed by atoms with Gasteiger partial charge in [-0.3, -0.25) is 19.4 Å². The molecule has 0 unspecified atom stereocenters. The van der Waals surface area contributed by atoms with E-state index in [-0.39, 0.29) is 49.0 Å². The van der Waals surface area contributed by atoms with E-state index in [1.54, 1.807) is 9.80 Å². The number of carbonyl (C=O) groups is 4. The van der Waals surface area contributed by atoms with Gasteiger partial charge in [0.25, 0.3) is 5.91 Å². The normalized spacial score (nSPS) is 18.1. The van der Waals surface area contributed by atoms with Crippen LogP contribution in [0.1, 0.15) is 67.2 Å². The molecule has 32 heavy (non-hydrogen) atoms. The third-order valence-corrected chi connectivity index (χ3v) is 7.49. The molecule has 2 heterocycles. The first kappa shape index (κ1) is 26.1. The highest BCUT2D eigenvalue weighted by atomic mass is 16.5. The van der Waals surface area contributed by atoms with Crippen LogP contribution in [0.5, 0.6) is 0 Å². The van der Waals surface area contributed by atoms with Gasteiger partial charge in [0.05, 0.1) is 18.8 Å². The van der Waals surface area contributed by atoms with Crippen LogP contribution in [0, 0.1) is 5.41 Å². The van der Waals surface area contributed by atoms with Crippen molar-refractivity contribution in [2.24, 2.45) is 5.41 Å². The Morgan fingerprint density at radius 1 is 0.719 bits per heavy atom. The average molecular weight is 453 g/mol. The number of urea groups is 2. The fourth-order valence-corrected chi connectivity index (χ4v) is 4.61. The maximum Gasteiger partial charge on any atom is 0.327 e. The first-order valence-corrected chi connectivity index (χ1v) is 12.0. The van der Waals surface area contributed by atoms with Gasteiger partial charge in [0.2, 0.25) is 5.91 Å². The van der Waals surface area contributed by atoms with Crippen LogP contribution in [0.3, 0.4) is 0 Å². The minimum absolute atomic E-state index is 0.109. The fourth-order valence-electron chi connectivity index (χ4n) is 4.61. The molecule has 182 valence electrons. The maximum atomic E-state index is 12.8. The molecule has 2 saturated heterocycles. The third-order valence-electron chi connectivity index (χ3n) is 7.49. The molecule has 0 aromatic carbocycles. The van der Waals surface area contributed by atoms with Crippen molar-refractivity contribution in [1.82, 2.24) is 19.6 Å². The van der Waals surface area contributed by atoms with Crippen LogP contribution >= 0.6 is 0 Å². The topological polar surface area (TPSA) is 90.5 Å². The number of rotatable bonds is 13. The predicted molar refractivity (Wildman–Crippen MR) is 121 cm³/mol. The van der Waals surface area contributed by atoms with Crippen LogP contribution < -0.4 is 0 Å². The molecule has 2 rings (SSSR count). The number of ether oxygens (including phenoxy) is 1. The lowest BCUT2D eigenvalue weighted by atomic mass is 9.82. The van der Waals surface area contributed by atoms with Crippen LogP contribution in [0.2, 0.25) is 0 Å². The van der Waals surface area contributed by atoms with Crippen molar-refractivity contribution in [3.63, 3.8) is 0 Å². The molecule has 0 saturated carbocycles. The zero-order valence-corrected chi connectivity index (χ0v) is 20.6. The van der Waals surface area contributed by atoms with Crippen molar-refractivity contribution in [3.8, 4) is 0 Å². The van der Waals surface area contributed by atoms with Gasteiger partial charge in [-0.05, 0) is 39.5 Å². The zero-order chi connectivity index (χ0) is 24.1. The Morgan fingerprint density at radius 3 is 1.69 bits per heavy atom. The van der Waals surface area contributed by atoms with E-state index in [0.29, 0.717) is 39.1 Å². The van der Waals surface area contributed by atoms with E-state index in [1.807, 2.05) is 41.5 Å². The summed E-state index contributed by atoms with van der Waals surface area (Å²) >= 11 is 0. The van der Waals surface area contributed by atoms with Gasteiger partial charge >= 0.3 is 12.1 Å². The lowest BCUT2D eigenvalue weighted by Crippen LogP contribution is -2.55. The van der Waals surface area contributed by atoms with Crippen LogP contribution in [-0.2, 0) is 14.3 Å². The number of carbonyl (C=O) groups excluding carboxylic acids is 4. The first-order valence-electron chi connectivity index (χ1n) is 12.0. The van der Waals surface area contributed by atoms with Gasteiger partial charge < -0.3 is 14.5 Å². The molecular weight excluding hydrogens is 412 g/mol. The summed E-state index contributed by atoms with van der Waals surface area (Å²) in [5, 5.41) is 0. The van der Waals surface area contributed by atoms with Crippen LogP contribution in [0.4, 0.5) is 9.59 Å². The summed E-state index contributed by atoms with van der Waals surface area (Å²) in [5.74, 6) is -0.359. The van der Waals surface area contributed by atoms with Gasteiger partial charge in [-0.25, -0.2) is 9.59 Å². The number of imide groups is 2.